The van der Waals surface area contributed by atoms with E-state index in [2.05, 4.69) is 25.9 Å². The molecule has 0 saturated carbocycles. The van der Waals surface area contributed by atoms with Gasteiger partial charge in [0.1, 0.15) is 5.82 Å². The Morgan fingerprint density at radius 1 is 1.14 bits per heavy atom. The zero-order valence-electron chi connectivity index (χ0n) is 11.8. The number of nitrogens with one attached hydrogen (secondary N) is 1. The van der Waals surface area contributed by atoms with E-state index >= 15 is 0 Å². The molecule has 4 nitrogen and oxygen atoms in total. The van der Waals surface area contributed by atoms with Crippen LogP contribution in [0.2, 0.25) is 0 Å². The van der Waals surface area contributed by atoms with Crippen LogP contribution in [-0.2, 0) is 10.0 Å². The summed E-state index contributed by atoms with van der Waals surface area (Å²) in [6.45, 7) is 1.84. The molecule has 0 fully saturated rings. The molecule has 2 rings (SSSR count). The van der Waals surface area contributed by atoms with Crippen LogP contribution in [0.25, 0.3) is 0 Å². The van der Waals surface area contributed by atoms with Crippen LogP contribution < -0.4 is 4.83 Å². The Labute approximate surface area is 137 Å². The van der Waals surface area contributed by atoms with Crippen molar-refractivity contribution in [1.29, 1.82) is 0 Å². The van der Waals surface area contributed by atoms with Crippen molar-refractivity contribution in [2.24, 2.45) is 5.10 Å². The van der Waals surface area contributed by atoms with E-state index in [1.807, 2.05) is 6.92 Å². The maximum absolute atomic E-state index is 12.9. The van der Waals surface area contributed by atoms with Crippen LogP contribution in [0.4, 0.5) is 4.39 Å². The molecule has 0 unspecified atom stereocenters. The smallest absolute Gasteiger partial charge is 0.207 e. The van der Waals surface area contributed by atoms with Gasteiger partial charge in [0, 0.05) is 4.47 Å². The molecular formula is C15H14BrFN2O2S. The average molecular weight is 385 g/mol. The fourth-order valence-electron chi connectivity index (χ4n) is 1.77. The van der Waals surface area contributed by atoms with Crippen molar-refractivity contribution in [3.63, 3.8) is 0 Å². The highest BCUT2D eigenvalue weighted by molar-refractivity contribution is 9.10. The lowest BCUT2D eigenvalue weighted by Crippen LogP contribution is -2.20. The number of benzene rings is 2. The summed E-state index contributed by atoms with van der Waals surface area (Å²) in [6, 6.07) is 12.0. The van der Waals surface area contributed by atoms with Crippen LogP contribution in [0.5, 0.6) is 0 Å². The second kappa shape index (κ2) is 7.02. The van der Waals surface area contributed by atoms with E-state index in [0.717, 1.165) is 4.47 Å². The van der Waals surface area contributed by atoms with Gasteiger partial charge < -0.3 is 0 Å². The third kappa shape index (κ3) is 4.14. The fraction of sp³-hybridized carbons (Fsp3) is 0.133. The minimum atomic E-state index is -3.73. The molecule has 2 aromatic carbocycles. The van der Waals surface area contributed by atoms with Crippen LogP contribution in [0.15, 0.2) is 63.0 Å². The third-order valence-electron chi connectivity index (χ3n) is 2.94. The summed E-state index contributed by atoms with van der Waals surface area (Å²) in [5.41, 5.74) is 1.20. The van der Waals surface area contributed by atoms with Crippen molar-refractivity contribution in [1.82, 2.24) is 4.83 Å². The Hall–Kier alpha value is -1.73. The predicted octanol–water partition coefficient (Wildman–Crippen LogP) is 3.68. The van der Waals surface area contributed by atoms with Crippen molar-refractivity contribution in [2.45, 2.75) is 18.2 Å². The molecule has 0 saturated heterocycles. The third-order valence-corrected chi connectivity index (χ3v) is 4.69. The monoisotopic (exact) mass is 384 g/mol. The molecule has 0 heterocycles. The first-order valence-electron chi connectivity index (χ1n) is 6.52. The molecule has 22 heavy (non-hydrogen) atoms. The van der Waals surface area contributed by atoms with E-state index in [0.29, 0.717) is 17.7 Å². The van der Waals surface area contributed by atoms with Gasteiger partial charge in [0.05, 0.1) is 10.6 Å². The Bertz CT molecular complexity index is 772. The molecule has 2 aromatic rings. The number of hydrogen-bond donors (Lipinski definition) is 1. The van der Waals surface area contributed by atoms with Crippen LogP contribution in [-0.4, -0.2) is 14.1 Å². The SMILES string of the molecule is CC/C(=N/NS(=O)(=O)c1ccc(Br)cc1)c1ccc(F)cc1. The number of hydrazone groups is 1. The van der Waals surface area contributed by atoms with Gasteiger partial charge >= 0.3 is 0 Å². The van der Waals surface area contributed by atoms with Gasteiger partial charge in [-0.05, 0) is 48.4 Å². The molecular weight excluding hydrogens is 371 g/mol. The standard InChI is InChI=1S/C15H14BrFN2O2S/c1-2-15(11-3-7-13(17)8-4-11)18-19-22(20,21)14-9-5-12(16)6-10-14/h3-10,19H,2H2,1H3/b18-15-. The van der Waals surface area contributed by atoms with Crippen molar-refractivity contribution >= 4 is 31.7 Å². The summed E-state index contributed by atoms with van der Waals surface area (Å²) in [6.07, 6.45) is 0.508. The molecule has 7 heteroatoms. The molecule has 0 amide bonds. The van der Waals surface area contributed by atoms with Crippen molar-refractivity contribution in [2.75, 3.05) is 0 Å². The molecule has 0 spiro atoms. The molecule has 0 aliphatic carbocycles. The highest BCUT2D eigenvalue weighted by Crippen LogP contribution is 2.15. The quantitative estimate of drug-likeness (QED) is 0.631. The van der Waals surface area contributed by atoms with E-state index < -0.39 is 10.0 Å². The molecule has 0 aliphatic heterocycles. The van der Waals surface area contributed by atoms with Gasteiger partial charge in [-0.25, -0.2) is 4.39 Å². The molecule has 0 atom stereocenters. The van der Waals surface area contributed by atoms with E-state index in [1.54, 1.807) is 24.3 Å². The molecule has 0 aliphatic rings. The summed E-state index contributed by atoms with van der Waals surface area (Å²) in [4.78, 5) is 2.33. The minimum absolute atomic E-state index is 0.119. The largest absolute Gasteiger partial charge is 0.276 e. The summed E-state index contributed by atoms with van der Waals surface area (Å²) in [7, 11) is -3.73. The summed E-state index contributed by atoms with van der Waals surface area (Å²) in [5, 5.41) is 3.96. The topological polar surface area (TPSA) is 58.5 Å². The van der Waals surface area contributed by atoms with Crippen LogP contribution in [0.3, 0.4) is 0 Å². The zero-order valence-corrected chi connectivity index (χ0v) is 14.2. The molecule has 0 bridgehead atoms. The highest BCUT2D eigenvalue weighted by atomic mass is 79.9. The summed E-state index contributed by atoms with van der Waals surface area (Å²) in [5.74, 6) is -0.352. The van der Waals surface area contributed by atoms with Crippen molar-refractivity contribution < 1.29 is 12.8 Å². The van der Waals surface area contributed by atoms with Gasteiger partial charge in [0.2, 0.25) is 0 Å². The van der Waals surface area contributed by atoms with Gasteiger partial charge in [-0.15, -0.1) is 0 Å². The Morgan fingerprint density at radius 3 is 2.27 bits per heavy atom. The molecule has 1 N–H and O–H groups in total. The van der Waals surface area contributed by atoms with E-state index in [9.17, 15) is 12.8 Å². The normalized spacial score (nSPS) is 12.2. The second-order valence-corrected chi connectivity index (χ2v) is 7.04. The van der Waals surface area contributed by atoms with Crippen molar-refractivity contribution in [3.05, 3.63) is 64.4 Å². The molecule has 0 radical (unpaired) electrons. The van der Waals surface area contributed by atoms with Gasteiger partial charge in [-0.2, -0.15) is 18.4 Å². The lowest BCUT2D eigenvalue weighted by Gasteiger charge is -2.07. The first kappa shape index (κ1) is 16.6. The fourth-order valence-corrected chi connectivity index (χ4v) is 2.87. The lowest BCUT2D eigenvalue weighted by atomic mass is 10.1. The average Bonchev–Trinajstić information content (AvgIpc) is 2.50. The summed E-state index contributed by atoms with van der Waals surface area (Å²) >= 11 is 3.25. The van der Waals surface area contributed by atoms with Gasteiger partial charge in [0.15, 0.2) is 0 Å². The van der Waals surface area contributed by atoms with Gasteiger partial charge in [0.25, 0.3) is 10.0 Å². The number of halogens is 2. The summed E-state index contributed by atoms with van der Waals surface area (Å²) < 4.78 is 38.0. The first-order chi connectivity index (χ1) is 10.4. The Kier molecular flexibility index (Phi) is 5.31. The first-order valence-corrected chi connectivity index (χ1v) is 8.80. The Morgan fingerprint density at radius 2 is 1.73 bits per heavy atom. The second-order valence-electron chi connectivity index (χ2n) is 4.47. The number of hydrogen-bond acceptors (Lipinski definition) is 3. The lowest BCUT2D eigenvalue weighted by molar-refractivity contribution is 0.584. The van der Waals surface area contributed by atoms with Crippen molar-refractivity contribution in [3.8, 4) is 0 Å². The van der Waals surface area contributed by atoms with Gasteiger partial charge in [-0.3, -0.25) is 0 Å². The van der Waals surface area contributed by atoms with Crippen LogP contribution in [0, 0.1) is 5.82 Å². The van der Waals surface area contributed by atoms with E-state index in [1.165, 1.54) is 24.3 Å². The minimum Gasteiger partial charge on any atom is -0.207 e. The number of nitrogens with zero attached hydrogens (tertiary/aromatic N) is 1. The number of rotatable bonds is 5. The van der Waals surface area contributed by atoms with E-state index in [4.69, 9.17) is 0 Å². The maximum Gasteiger partial charge on any atom is 0.276 e. The molecule has 0 aromatic heterocycles. The van der Waals surface area contributed by atoms with Gasteiger partial charge in [-0.1, -0.05) is 35.0 Å². The number of sulfonamides is 1. The maximum atomic E-state index is 12.9. The zero-order chi connectivity index (χ0) is 16.2. The highest BCUT2D eigenvalue weighted by Gasteiger charge is 2.13. The van der Waals surface area contributed by atoms with E-state index in [-0.39, 0.29) is 10.7 Å². The van der Waals surface area contributed by atoms with Crippen LogP contribution in [0.1, 0.15) is 18.9 Å². The molecule has 116 valence electrons. The van der Waals surface area contributed by atoms with Crippen LogP contribution >= 0.6 is 15.9 Å². The predicted molar refractivity (Wildman–Crippen MR) is 87.7 cm³/mol. The Balaban J connectivity index is 2.24.